The molecule has 0 heterocycles. The van der Waals surface area contributed by atoms with Gasteiger partial charge in [-0.25, -0.2) is 0 Å². The van der Waals surface area contributed by atoms with E-state index in [9.17, 15) is 26.7 Å². The van der Waals surface area contributed by atoms with Crippen molar-refractivity contribution in [1.82, 2.24) is 5.32 Å². The molecule has 0 saturated heterocycles. The van der Waals surface area contributed by atoms with Crippen molar-refractivity contribution < 1.29 is 26.7 Å². The summed E-state index contributed by atoms with van der Waals surface area (Å²) >= 11 is 0. The lowest BCUT2D eigenvalue weighted by Crippen LogP contribution is -2.58. The summed E-state index contributed by atoms with van der Waals surface area (Å²) in [6, 6.07) is -2.43. The monoisotopic (exact) mass is 220 g/mol. The fourth-order valence-electron chi connectivity index (χ4n) is 0.740. The Labute approximate surface area is 76.4 Å². The third kappa shape index (κ3) is 2.79. The van der Waals surface area contributed by atoms with Crippen molar-refractivity contribution in [2.45, 2.75) is 25.1 Å². The molecular weight excluding hydrogens is 211 g/mol. The molecule has 0 aromatic carbocycles. The number of halogens is 5. The molecule has 0 aliphatic heterocycles. The van der Waals surface area contributed by atoms with Gasteiger partial charge in [0.1, 0.15) is 6.04 Å². The van der Waals surface area contributed by atoms with Crippen molar-refractivity contribution in [1.29, 1.82) is 0 Å². The predicted molar refractivity (Wildman–Crippen MR) is 37.7 cm³/mol. The fourth-order valence-corrected chi connectivity index (χ4v) is 0.740. The van der Waals surface area contributed by atoms with E-state index in [1.165, 1.54) is 5.32 Å². The van der Waals surface area contributed by atoms with Gasteiger partial charge in [-0.2, -0.15) is 22.0 Å². The van der Waals surface area contributed by atoms with Crippen molar-refractivity contribution in [2.75, 3.05) is 6.54 Å². The number of nitrogens with one attached hydrogen (secondary N) is 1. The normalized spacial score (nSPS) is 15.1. The van der Waals surface area contributed by atoms with Crippen LogP contribution in [-0.4, -0.2) is 30.6 Å². The molecule has 0 aromatic rings. The number of alkyl halides is 5. The summed E-state index contributed by atoms with van der Waals surface area (Å²) in [5, 5.41) is 1.44. The maximum atomic E-state index is 12.5. The van der Waals surface area contributed by atoms with Gasteiger partial charge in [0, 0.05) is 13.5 Å². The number of rotatable bonds is 3. The fraction of sp³-hybridized carbons (Fsp3) is 0.833. The third-order valence-electron chi connectivity index (χ3n) is 1.43. The van der Waals surface area contributed by atoms with Crippen LogP contribution in [0.3, 0.4) is 0 Å². The SMILES string of the molecule is CC(=O)NC(CN)C(F)(F)C(F)(F)F. The maximum Gasteiger partial charge on any atom is 0.455 e. The van der Waals surface area contributed by atoms with E-state index in [4.69, 9.17) is 5.73 Å². The Balaban J connectivity index is 4.74. The number of amides is 1. The Hall–Kier alpha value is -0.920. The van der Waals surface area contributed by atoms with E-state index in [0.29, 0.717) is 0 Å². The van der Waals surface area contributed by atoms with E-state index in [1.54, 1.807) is 0 Å². The van der Waals surface area contributed by atoms with Crippen LogP contribution in [-0.2, 0) is 4.79 Å². The second-order valence-corrected chi connectivity index (χ2v) is 2.61. The summed E-state index contributed by atoms with van der Waals surface area (Å²) in [5.41, 5.74) is 4.71. The van der Waals surface area contributed by atoms with Crippen LogP contribution >= 0.6 is 0 Å². The Morgan fingerprint density at radius 3 is 2.00 bits per heavy atom. The molecule has 0 saturated carbocycles. The molecule has 0 rings (SSSR count). The molecule has 0 radical (unpaired) electrons. The summed E-state index contributed by atoms with van der Waals surface area (Å²) in [7, 11) is 0. The van der Waals surface area contributed by atoms with Crippen LogP contribution in [0.25, 0.3) is 0 Å². The van der Waals surface area contributed by atoms with Crippen LogP contribution in [0.1, 0.15) is 6.92 Å². The molecule has 0 aromatic heterocycles. The van der Waals surface area contributed by atoms with Gasteiger partial charge in [-0.05, 0) is 0 Å². The molecule has 0 aliphatic rings. The van der Waals surface area contributed by atoms with Crippen LogP contribution in [0, 0.1) is 0 Å². The molecule has 0 spiro atoms. The van der Waals surface area contributed by atoms with E-state index in [-0.39, 0.29) is 0 Å². The molecule has 1 amide bonds. The second-order valence-electron chi connectivity index (χ2n) is 2.61. The molecule has 0 bridgehead atoms. The molecule has 14 heavy (non-hydrogen) atoms. The summed E-state index contributed by atoms with van der Waals surface area (Å²) in [6.07, 6.45) is -5.72. The minimum Gasteiger partial charge on any atom is -0.346 e. The molecule has 0 fully saturated rings. The summed E-state index contributed by atoms with van der Waals surface area (Å²) < 4.78 is 60.4. The first-order valence-electron chi connectivity index (χ1n) is 3.54. The lowest BCUT2D eigenvalue weighted by Gasteiger charge is -2.27. The van der Waals surface area contributed by atoms with Crippen LogP contribution < -0.4 is 11.1 Å². The molecule has 0 aliphatic carbocycles. The maximum absolute atomic E-state index is 12.5. The van der Waals surface area contributed by atoms with Gasteiger partial charge in [0.05, 0.1) is 0 Å². The zero-order valence-electron chi connectivity index (χ0n) is 7.16. The van der Waals surface area contributed by atoms with Gasteiger partial charge in [0.2, 0.25) is 5.91 Å². The standard InChI is InChI=1S/C6H9F5N2O/c1-3(14)13-4(2-12)5(7,8)6(9,10)11/h4H,2,12H2,1H3,(H,13,14). The van der Waals surface area contributed by atoms with Gasteiger partial charge in [-0.1, -0.05) is 0 Å². The van der Waals surface area contributed by atoms with Crippen LogP contribution in [0.4, 0.5) is 22.0 Å². The van der Waals surface area contributed by atoms with Gasteiger partial charge in [0.25, 0.3) is 0 Å². The van der Waals surface area contributed by atoms with Crippen molar-refractivity contribution in [3.05, 3.63) is 0 Å². The lowest BCUT2D eigenvalue weighted by atomic mass is 10.1. The van der Waals surface area contributed by atoms with E-state index in [1.807, 2.05) is 0 Å². The number of hydrogen-bond donors (Lipinski definition) is 2. The minimum absolute atomic E-state index is 0.828. The Morgan fingerprint density at radius 1 is 1.36 bits per heavy atom. The molecule has 3 N–H and O–H groups in total. The number of nitrogens with two attached hydrogens (primary N) is 1. The zero-order valence-corrected chi connectivity index (χ0v) is 7.16. The quantitative estimate of drug-likeness (QED) is 0.686. The summed E-state index contributed by atoms with van der Waals surface area (Å²) in [4.78, 5) is 10.3. The first-order valence-corrected chi connectivity index (χ1v) is 3.54. The third-order valence-corrected chi connectivity index (χ3v) is 1.43. The van der Waals surface area contributed by atoms with E-state index in [2.05, 4.69) is 0 Å². The van der Waals surface area contributed by atoms with Crippen molar-refractivity contribution in [3.63, 3.8) is 0 Å². The molecule has 3 nitrogen and oxygen atoms in total. The molecule has 1 unspecified atom stereocenters. The largest absolute Gasteiger partial charge is 0.455 e. The molecular formula is C6H9F5N2O. The van der Waals surface area contributed by atoms with Gasteiger partial charge in [-0.15, -0.1) is 0 Å². The smallest absolute Gasteiger partial charge is 0.346 e. The summed E-state index contributed by atoms with van der Waals surface area (Å²) in [5.74, 6) is -6.02. The number of hydrogen-bond acceptors (Lipinski definition) is 2. The molecule has 8 heteroatoms. The first kappa shape index (κ1) is 13.1. The number of carbonyl (C=O) groups excluding carboxylic acids is 1. The molecule has 84 valence electrons. The highest BCUT2D eigenvalue weighted by molar-refractivity contribution is 5.73. The van der Waals surface area contributed by atoms with E-state index >= 15 is 0 Å². The second kappa shape index (κ2) is 4.07. The van der Waals surface area contributed by atoms with Gasteiger partial charge in [-0.3, -0.25) is 4.79 Å². The highest BCUT2D eigenvalue weighted by atomic mass is 19.4. The molecule has 1 atom stereocenters. The van der Waals surface area contributed by atoms with Crippen LogP contribution in [0.2, 0.25) is 0 Å². The lowest BCUT2D eigenvalue weighted by molar-refractivity contribution is -0.291. The zero-order chi connectivity index (χ0) is 11.6. The summed E-state index contributed by atoms with van der Waals surface area (Å²) in [6.45, 7) is -0.165. The van der Waals surface area contributed by atoms with Crippen molar-refractivity contribution in [2.24, 2.45) is 5.73 Å². The van der Waals surface area contributed by atoms with Gasteiger partial charge in [0.15, 0.2) is 0 Å². The Morgan fingerprint density at radius 2 is 1.79 bits per heavy atom. The minimum atomic E-state index is -5.72. The average molecular weight is 220 g/mol. The van der Waals surface area contributed by atoms with E-state index < -0.39 is 30.6 Å². The van der Waals surface area contributed by atoms with Gasteiger partial charge < -0.3 is 11.1 Å². The average Bonchev–Trinajstić information content (AvgIpc) is 1.97. The van der Waals surface area contributed by atoms with E-state index in [0.717, 1.165) is 6.92 Å². The Bertz CT molecular complexity index is 215. The topological polar surface area (TPSA) is 55.1 Å². The number of carbonyl (C=O) groups is 1. The highest BCUT2D eigenvalue weighted by Gasteiger charge is 2.62. The van der Waals surface area contributed by atoms with Crippen molar-refractivity contribution >= 4 is 5.91 Å². The van der Waals surface area contributed by atoms with Crippen LogP contribution in [0.5, 0.6) is 0 Å². The highest BCUT2D eigenvalue weighted by Crippen LogP contribution is 2.37. The van der Waals surface area contributed by atoms with Gasteiger partial charge >= 0.3 is 12.1 Å². The van der Waals surface area contributed by atoms with Crippen LogP contribution in [0.15, 0.2) is 0 Å². The predicted octanol–water partition coefficient (Wildman–Crippen LogP) is 0.647. The first-order chi connectivity index (χ1) is 6.13. The Kier molecular flexibility index (Phi) is 3.81. The van der Waals surface area contributed by atoms with Crippen molar-refractivity contribution in [3.8, 4) is 0 Å².